The molecule has 0 amide bonds. The number of carbonyl (C=O) groups is 1. The maximum atomic E-state index is 13.7. The van der Waals surface area contributed by atoms with E-state index in [4.69, 9.17) is 9.84 Å². The van der Waals surface area contributed by atoms with Crippen LogP contribution in [0.15, 0.2) is 40.9 Å². The van der Waals surface area contributed by atoms with Crippen LogP contribution in [-0.2, 0) is 0 Å². The van der Waals surface area contributed by atoms with E-state index in [1.54, 1.807) is 6.07 Å². The Bertz CT molecular complexity index is 641. The minimum absolute atomic E-state index is 0.0189. The zero-order valence-electron chi connectivity index (χ0n) is 9.98. The van der Waals surface area contributed by atoms with E-state index in [0.29, 0.717) is 10.2 Å². The van der Waals surface area contributed by atoms with Crippen LogP contribution in [0, 0.1) is 12.7 Å². The highest BCUT2D eigenvalue weighted by molar-refractivity contribution is 9.10. The molecule has 0 heterocycles. The molecule has 0 atom stereocenters. The molecule has 1 N–H and O–H groups in total. The van der Waals surface area contributed by atoms with E-state index in [1.807, 2.05) is 19.1 Å². The molecule has 0 bridgehead atoms. The van der Waals surface area contributed by atoms with Crippen LogP contribution < -0.4 is 4.74 Å². The van der Waals surface area contributed by atoms with Gasteiger partial charge in [0.1, 0.15) is 5.75 Å². The van der Waals surface area contributed by atoms with Crippen LogP contribution in [0.2, 0.25) is 0 Å². The summed E-state index contributed by atoms with van der Waals surface area (Å²) < 4.78 is 19.8. The van der Waals surface area contributed by atoms with Gasteiger partial charge in [-0.25, -0.2) is 9.18 Å². The van der Waals surface area contributed by atoms with Crippen LogP contribution in [-0.4, -0.2) is 11.1 Å². The minimum Gasteiger partial charge on any atom is -0.478 e. The molecule has 0 aliphatic heterocycles. The van der Waals surface area contributed by atoms with E-state index in [9.17, 15) is 9.18 Å². The van der Waals surface area contributed by atoms with E-state index in [-0.39, 0.29) is 11.3 Å². The van der Waals surface area contributed by atoms with Crippen LogP contribution in [0.5, 0.6) is 11.5 Å². The number of carboxylic acids is 1. The highest BCUT2D eigenvalue weighted by Gasteiger charge is 2.11. The van der Waals surface area contributed by atoms with Crippen molar-refractivity contribution in [2.45, 2.75) is 6.92 Å². The predicted molar refractivity (Wildman–Crippen MR) is 72.3 cm³/mol. The molecule has 0 fully saturated rings. The SMILES string of the molecule is Cc1ccc(Oc2ccc(C(=O)O)cc2F)c(Br)c1. The predicted octanol–water partition coefficient (Wildman–Crippen LogP) is 4.39. The van der Waals surface area contributed by atoms with Gasteiger partial charge >= 0.3 is 5.97 Å². The molecular weight excluding hydrogens is 315 g/mol. The highest BCUT2D eigenvalue weighted by Crippen LogP contribution is 2.31. The lowest BCUT2D eigenvalue weighted by Crippen LogP contribution is -1.98. The zero-order chi connectivity index (χ0) is 14.0. The maximum absolute atomic E-state index is 13.7. The van der Waals surface area contributed by atoms with Crippen molar-refractivity contribution in [2.75, 3.05) is 0 Å². The molecule has 19 heavy (non-hydrogen) atoms. The third kappa shape index (κ3) is 3.12. The molecule has 3 nitrogen and oxygen atoms in total. The van der Waals surface area contributed by atoms with Gasteiger partial charge in [-0.3, -0.25) is 0 Å². The molecule has 98 valence electrons. The van der Waals surface area contributed by atoms with Crippen LogP contribution in [0.4, 0.5) is 4.39 Å². The van der Waals surface area contributed by atoms with Crippen LogP contribution >= 0.6 is 15.9 Å². The zero-order valence-corrected chi connectivity index (χ0v) is 11.6. The molecule has 0 unspecified atom stereocenters. The number of aryl methyl sites for hydroxylation is 1. The summed E-state index contributed by atoms with van der Waals surface area (Å²) in [5.74, 6) is -1.45. The van der Waals surface area contributed by atoms with Crippen molar-refractivity contribution in [3.63, 3.8) is 0 Å². The normalized spacial score (nSPS) is 10.3. The second-order valence-corrected chi connectivity index (χ2v) is 4.84. The minimum atomic E-state index is -1.18. The number of benzene rings is 2. The van der Waals surface area contributed by atoms with Gasteiger partial charge in [0, 0.05) is 0 Å². The first-order valence-electron chi connectivity index (χ1n) is 5.44. The summed E-state index contributed by atoms with van der Waals surface area (Å²) in [6.07, 6.45) is 0. The first-order valence-corrected chi connectivity index (χ1v) is 6.23. The van der Waals surface area contributed by atoms with Crippen molar-refractivity contribution in [3.8, 4) is 11.5 Å². The molecule has 2 rings (SSSR count). The number of hydrogen-bond donors (Lipinski definition) is 1. The van der Waals surface area contributed by atoms with Crippen molar-refractivity contribution in [1.82, 2.24) is 0 Å². The Kier molecular flexibility index (Phi) is 3.85. The third-order valence-corrected chi connectivity index (χ3v) is 3.11. The highest BCUT2D eigenvalue weighted by atomic mass is 79.9. The smallest absolute Gasteiger partial charge is 0.335 e. The average Bonchev–Trinajstić information content (AvgIpc) is 2.34. The van der Waals surface area contributed by atoms with Crippen molar-refractivity contribution in [2.24, 2.45) is 0 Å². The number of halogens is 2. The quantitative estimate of drug-likeness (QED) is 0.910. The number of rotatable bonds is 3. The summed E-state index contributed by atoms with van der Waals surface area (Å²) in [6, 6.07) is 8.92. The van der Waals surface area contributed by atoms with Gasteiger partial charge in [-0.2, -0.15) is 0 Å². The van der Waals surface area contributed by atoms with Crippen LogP contribution in [0.1, 0.15) is 15.9 Å². The van der Waals surface area contributed by atoms with Gasteiger partial charge in [-0.1, -0.05) is 6.07 Å². The van der Waals surface area contributed by atoms with Crippen molar-refractivity contribution >= 4 is 21.9 Å². The average molecular weight is 325 g/mol. The monoisotopic (exact) mass is 324 g/mol. The molecular formula is C14H10BrFO3. The number of aromatic carboxylic acids is 1. The Morgan fingerprint density at radius 3 is 2.47 bits per heavy atom. The second kappa shape index (κ2) is 5.40. The molecule has 0 saturated carbocycles. The molecule has 0 aliphatic carbocycles. The molecule has 0 aliphatic rings. The van der Waals surface area contributed by atoms with Gasteiger partial charge in [0.25, 0.3) is 0 Å². The largest absolute Gasteiger partial charge is 0.478 e. The summed E-state index contributed by atoms with van der Waals surface area (Å²) >= 11 is 3.33. The lowest BCUT2D eigenvalue weighted by Gasteiger charge is -2.09. The first kappa shape index (κ1) is 13.5. The topological polar surface area (TPSA) is 46.5 Å². The van der Waals surface area contributed by atoms with Crippen LogP contribution in [0.25, 0.3) is 0 Å². The molecule has 0 saturated heterocycles. The van der Waals surface area contributed by atoms with Crippen molar-refractivity contribution in [1.29, 1.82) is 0 Å². The van der Waals surface area contributed by atoms with Gasteiger partial charge in [-0.15, -0.1) is 0 Å². The molecule has 0 aromatic heterocycles. The van der Waals surface area contributed by atoms with E-state index < -0.39 is 11.8 Å². The van der Waals surface area contributed by atoms with E-state index in [2.05, 4.69) is 15.9 Å². The van der Waals surface area contributed by atoms with E-state index >= 15 is 0 Å². The number of ether oxygens (including phenoxy) is 1. The number of carboxylic acid groups (broad SMARTS) is 1. The first-order chi connectivity index (χ1) is 8.97. The molecule has 0 spiro atoms. The van der Waals surface area contributed by atoms with Gasteiger partial charge in [-0.05, 0) is 58.7 Å². The van der Waals surface area contributed by atoms with Gasteiger partial charge in [0.05, 0.1) is 10.0 Å². The molecule has 0 radical (unpaired) electrons. The third-order valence-electron chi connectivity index (χ3n) is 2.49. The Labute approximate surface area is 117 Å². The van der Waals surface area contributed by atoms with Crippen LogP contribution in [0.3, 0.4) is 0 Å². The van der Waals surface area contributed by atoms with E-state index in [1.165, 1.54) is 12.1 Å². The van der Waals surface area contributed by atoms with Gasteiger partial charge in [0.15, 0.2) is 11.6 Å². The van der Waals surface area contributed by atoms with Crippen molar-refractivity contribution in [3.05, 3.63) is 57.8 Å². The Balaban J connectivity index is 2.31. The summed E-state index contributed by atoms with van der Waals surface area (Å²) in [4.78, 5) is 10.7. The Hall–Kier alpha value is -1.88. The summed E-state index contributed by atoms with van der Waals surface area (Å²) in [5, 5.41) is 8.75. The summed E-state index contributed by atoms with van der Waals surface area (Å²) in [6.45, 7) is 1.93. The summed E-state index contributed by atoms with van der Waals surface area (Å²) in [7, 11) is 0. The molecule has 2 aromatic carbocycles. The fourth-order valence-electron chi connectivity index (χ4n) is 1.52. The van der Waals surface area contributed by atoms with Gasteiger partial charge in [0.2, 0.25) is 0 Å². The lowest BCUT2D eigenvalue weighted by atomic mass is 10.2. The second-order valence-electron chi connectivity index (χ2n) is 3.99. The Morgan fingerprint density at radius 1 is 1.21 bits per heavy atom. The number of hydrogen-bond acceptors (Lipinski definition) is 2. The lowest BCUT2D eigenvalue weighted by molar-refractivity contribution is 0.0696. The fourth-order valence-corrected chi connectivity index (χ4v) is 2.10. The summed E-state index contributed by atoms with van der Waals surface area (Å²) in [5.41, 5.74) is 0.925. The van der Waals surface area contributed by atoms with Crippen molar-refractivity contribution < 1.29 is 19.0 Å². The maximum Gasteiger partial charge on any atom is 0.335 e. The van der Waals surface area contributed by atoms with E-state index in [0.717, 1.165) is 11.6 Å². The fraction of sp³-hybridized carbons (Fsp3) is 0.0714. The molecule has 2 aromatic rings. The Morgan fingerprint density at radius 2 is 1.89 bits per heavy atom. The molecule has 5 heteroatoms. The van der Waals surface area contributed by atoms with Gasteiger partial charge < -0.3 is 9.84 Å². The standard InChI is InChI=1S/C14H10BrFO3/c1-8-2-4-12(10(15)6-8)19-13-5-3-9(14(17)18)7-11(13)16/h2-7H,1H3,(H,17,18).